The van der Waals surface area contributed by atoms with E-state index in [1.165, 1.54) is 18.5 Å². The first kappa shape index (κ1) is 11.0. The number of halogens is 1. The van der Waals surface area contributed by atoms with E-state index in [0.29, 0.717) is 5.92 Å². The molecule has 4 nitrogen and oxygen atoms in total. The zero-order chi connectivity index (χ0) is 11.7. The minimum absolute atomic E-state index is 0.536. The molecule has 0 aliphatic carbocycles. The summed E-state index contributed by atoms with van der Waals surface area (Å²) >= 11 is 3.67. The molecular weight excluding hydrogens is 280 g/mol. The Kier molecular flexibility index (Phi) is 3.03. The summed E-state index contributed by atoms with van der Waals surface area (Å²) in [6.45, 7) is 2.16. The molecule has 1 saturated heterocycles. The Morgan fingerprint density at radius 1 is 1.41 bits per heavy atom. The lowest BCUT2D eigenvalue weighted by atomic mass is 9.96. The van der Waals surface area contributed by atoms with Gasteiger partial charge >= 0.3 is 0 Å². The van der Waals surface area contributed by atoms with Crippen LogP contribution in [0.2, 0.25) is 0 Å². The zero-order valence-electron chi connectivity index (χ0n) is 9.46. The number of rotatable bonds is 2. The van der Waals surface area contributed by atoms with Crippen molar-refractivity contribution < 1.29 is 0 Å². The molecule has 0 spiro atoms. The number of hydrogen-bond donors (Lipinski definition) is 3. The smallest absolute Gasteiger partial charge is 0.123 e. The molecular formula is C12H15BrN4. The van der Waals surface area contributed by atoms with E-state index in [-0.39, 0.29) is 0 Å². The molecule has 1 aliphatic heterocycles. The maximum Gasteiger partial charge on any atom is 0.123 e. The van der Waals surface area contributed by atoms with E-state index >= 15 is 0 Å². The van der Waals surface area contributed by atoms with Crippen LogP contribution in [0.5, 0.6) is 0 Å². The number of aromatic nitrogens is 3. The summed E-state index contributed by atoms with van der Waals surface area (Å²) in [5.74, 6) is 0.536. The topological polar surface area (TPSA) is 56.5 Å². The van der Waals surface area contributed by atoms with Crippen molar-refractivity contribution in [2.45, 2.75) is 18.8 Å². The Morgan fingerprint density at radius 3 is 3.06 bits per heavy atom. The summed E-state index contributed by atoms with van der Waals surface area (Å²) in [4.78, 5) is 3.18. The predicted molar refractivity (Wildman–Crippen MR) is 70.9 cm³/mol. The van der Waals surface area contributed by atoms with Crippen molar-refractivity contribution >= 4 is 15.9 Å². The van der Waals surface area contributed by atoms with Crippen molar-refractivity contribution in [2.24, 2.45) is 0 Å². The van der Waals surface area contributed by atoms with Crippen LogP contribution in [0.3, 0.4) is 0 Å². The van der Waals surface area contributed by atoms with E-state index in [1.54, 1.807) is 0 Å². The van der Waals surface area contributed by atoms with Crippen LogP contribution in [-0.2, 0) is 0 Å². The van der Waals surface area contributed by atoms with Crippen molar-refractivity contribution in [1.29, 1.82) is 0 Å². The molecule has 3 N–H and O–H groups in total. The largest absolute Gasteiger partial charge is 0.360 e. The lowest BCUT2D eigenvalue weighted by Gasteiger charge is -2.21. The molecule has 3 rings (SSSR count). The van der Waals surface area contributed by atoms with Gasteiger partial charge in [-0.25, -0.2) is 0 Å². The Morgan fingerprint density at radius 2 is 2.35 bits per heavy atom. The summed E-state index contributed by atoms with van der Waals surface area (Å²) in [6, 6.07) is 4.02. The van der Waals surface area contributed by atoms with Crippen molar-refractivity contribution in [3.63, 3.8) is 0 Å². The standard InChI is InChI=1S/C12H15BrN4/c13-10-11(8-3-1-5-14-7-8)16-17-12(10)9-4-2-6-15-9/h2,4,6,8,14-15H,1,3,5,7H2,(H,16,17). The highest BCUT2D eigenvalue weighted by Gasteiger charge is 2.22. The molecule has 1 aliphatic rings. The summed E-state index contributed by atoms with van der Waals surface area (Å²) in [5, 5.41) is 11.0. The Labute approximate surface area is 108 Å². The second-order valence-electron chi connectivity index (χ2n) is 4.43. The van der Waals surface area contributed by atoms with Crippen LogP contribution < -0.4 is 5.32 Å². The molecule has 1 unspecified atom stereocenters. The molecule has 0 amide bonds. The van der Waals surface area contributed by atoms with Gasteiger partial charge in [-0.15, -0.1) is 0 Å². The average molecular weight is 295 g/mol. The predicted octanol–water partition coefficient (Wildman–Crippen LogP) is 2.63. The molecule has 2 aromatic heterocycles. The van der Waals surface area contributed by atoms with Gasteiger partial charge in [0.2, 0.25) is 0 Å². The van der Waals surface area contributed by atoms with E-state index in [9.17, 15) is 0 Å². The molecule has 0 aromatic carbocycles. The van der Waals surface area contributed by atoms with Crippen LogP contribution in [0.15, 0.2) is 22.8 Å². The SMILES string of the molecule is Brc1c(-c2ccc[nH]2)n[nH]c1C1CCCNC1. The van der Waals surface area contributed by atoms with Gasteiger partial charge in [0.05, 0.1) is 15.9 Å². The van der Waals surface area contributed by atoms with Crippen molar-refractivity contribution in [1.82, 2.24) is 20.5 Å². The molecule has 2 aromatic rings. The second-order valence-corrected chi connectivity index (χ2v) is 5.22. The van der Waals surface area contributed by atoms with Crippen LogP contribution in [0, 0.1) is 0 Å². The Hall–Kier alpha value is -1.07. The third kappa shape index (κ3) is 2.05. The molecule has 17 heavy (non-hydrogen) atoms. The molecule has 1 fully saturated rings. The molecule has 5 heteroatoms. The molecule has 0 bridgehead atoms. The zero-order valence-corrected chi connectivity index (χ0v) is 11.0. The summed E-state index contributed by atoms with van der Waals surface area (Å²) < 4.78 is 1.09. The second kappa shape index (κ2) is 4.66. The fourth-order valence-corrected chi connectivity index (χ4v) is 3.08. The maximum atomic E-state index is 4.40. The highest BCUT2D eigenvalue weighted by molar-refractivity contribution is 9.10. The highest BCUT2D eigenvalue weighted by atomic mass is 79.9. The van der Waals surface area contributed by atoms with Gasteiger partial charge in [0, 0.05) is 18.7 Å². The molecule has 0 radical (unpaired) electrons. The number of aromatic amines is 2. The van der Waals surface area contributed by atoms with E-state index in [2.05, 4.69) is 36.4 Å². The van der Waals surface area contributed by atoms with Crippen LogP contribution >= 0.6 is 15.9 Å². The van der Waals surface area contributed by atoms with Crippen molar-refractivity contribution in [3.8, 4) is 11.4 Å². The minimum Gasteiger partial charge on any atom is -0.360 e. The number of hydrogen-bond acceptors (Lipinski definition) is 2. The van der Waals surface area contributed by atoms with Gasteiger partial charge in [0.15, 0.2) is 0 Å². The number of nitrogens with one attached hydrogen (secondary N) is 3. The van der Waals surface area contributed by atoms with Gasteiger partial charge in [0.25, 0.3) is 0 Å². The van der Waals surface area contributed by atoms with Crippen LogP contribution in [0.1, 0.15) is 24.5 Å². The first-order chi connectivity index (χ1) is 8.36. The van der Waals surface area contributed by atoms with Crippen molar-refractivity contribution in [3.05, 3.63) is 28.5 Å². The third-order valence-corrected chi connectivity index (χ3v) is 4.09. The minimum atomic E-state index is 0.536. The summed E-state index contributed by atoms with van der Waals surface area (Å²) in [6.07, 6.45) is 4.37. The molecule has 0 saturated carbocycles. The summed E-state index contributed by atoms with van der Waals surface area (Å²) in [5.41, 5.74) is 3.22. The normalized spacial score (nSPS) is 20.6. The van der Waals surface area contributed by atoms with Crippen LogP contribution in [0.25, 0.3) is 11.4 Å². The number of nitrogens with zero attached hydrogens (tertiary/aromatic N) is 1. The summed E-state index contributed by atoms with van der Waals surface area (Å²) in [7, 11) is 0. The van der Waals surface area contributed by atoms with Crippen molar-refractivity contribution in [2.75, 3.05) is 13.1 Å². The van der Waals surface area contributed by atoms with Gasteiger partial charge in [-0.1, -0.05) is 0 Å². The first-order valence-corrected chi connectivity index (χ1v) is 6.74. The quantitative estimate of drug-likeness (QED) is 0.797. The third-order valence-electron chi connectivity index (χ3n) is 3.29. The number of H-pyrrole nitrogens is 2. The Bertz CT molecular complexity index is 483. The first-order valence-electron chi connectivity index (χ1n) is 5.94. The van der Waals surface area contributed by atoms with Gasteiger partial charge in [-0.3, -0.25) is 5.10 Å². The van der Waals surface area contributed by atoms with E-state index in [1.807, 2.05) is 18.3 Å². The van der Waals surface area contributed by atoms with Crippen LogP contribution in [-0.4, -0.2) is 28.3 Å². The monoisotopic (exact) mass is 294 g/mol. The van der Waals surface area contributed by atoms with E-state index < -0.39 is 0 Å². The van der Waals surface area contributed by atoms with Gasteiger partial charge in [-0.2, -0.15) is 5.10 Å². The lowest BCUT2D eigenvalue weighted by molar-refractivity contribution is 0.453. The van der Waals surface area contributed by atoms with Gasteiger partial charge in [0.1, 0.15) is 5.69 Å². The van der Waals surface area contributed by atoms with E-state index in [0.717, 1.165) is 29.0 Å². The highest BCUT2D eigenvalue weighted by Crippen LogP contribution is 2.34. The van der Waals surface area contributed by atoms with Crippen LogP contribution in [0.4, 0.5) is 0 Å². The van der Waals surface area contributed by atoms with Gasteiger partial charge in [-0.05, 0) is 47.4 Å². The molecule has 3 heterocycles. The molecule has 1 atom stereocenters. The fourth-order valence-electron chi connectivity index (χ4n) is 2.37. The fraction of sp³-hybridized carbons (Fsp3) is 0.417. The molecule has 90 valence electrons. The average Bonchev–Trinajstić information content (AvgIpc) is 2.99. The number of piperidine rings is 1. The van der Waals surface area contributed by atoms with E-state index in [4.69, 9.17) is 0 Å². The Balaban J connectivity index is 1.92. The lowest BCUT2D eigenvalue weighted by Crippen LogP contribution is -2.28. The van der Waals surface area contributed by atoms with Gasteiger partial charge < -0.3 is 10.3 Å². The maximum absolute atomic E-state index is 4.40.